The molecule has 0 saturated carbocycles. The van der Waals surface area contributed by atoms with E-state index in [1.54, 1.807) is 30.8 Å². The van der Waals surface area contributed by atoms with Gasteiger partial charge in [0.15, 0.2) is 5.16 Å². The molecule has 4 nitrogen and oxygen atoms in total. The number of nitrogens with zero attached hydrogens (tertiary/aromatic N) is 3. The second-order valence-electron chi connectivity index (χ2n) is 6.21. The van der Waals surface area contributed by atoms with E-state index in [1.165, 1.54) is 0 Å². The third kappa shape index (κ3) is 3.83. The van der Waals surface area contributed by atoms with Crippen molar-refractivity contribution in [3.8, 4) is 0 Å². The number of imidazole rings is 1. The van der Waals surface area contributed by atoms with Crippen LogP contribution in [0, 0.1) is 5.92 Å². The lowest BCUT2D eigenvalue weighted by molar-refractivity contribution is -0.127. The van der Waals surface area contributed by atoms with Crippen LogP contribution in [0.25, 0.3) is 11.0 Å². The first-order chi connectivity index (χ1) is 10.4. The second kappa shape index (κ2) is 7.18. The summed E-state index contributed by atoms with van der Waals surface area (Å²) in [5.41, 5.74) is 2.15. The Morgan fingerprint density at radius 3 is 2.59 bits per heavy atom. The van der Waals surface area contributed by atoms with Gasteiger partial charge in [-0.15, -0.1) is 0 Å². The van der Waals surface area contributed by atoms with E-state index in [9.17, 15) is 4.79 Å². The summed E-state index contributed by atoms with van der Waals surface area (Å²) in [6.07, 6.45) is 1.10. The van der Waals surface area contributed by atoms with E-state index in [0.717, 1.165) is 29.2 Å². The van der Waals surface area contributed by atoms with Crippen LogP contribution in [0.1, 0.15) is 27.2 Å². The van der Waals surface area contributed by atoms with Gasteiger partial charge >= 0.3 is 0 Å². The van der Waals surface area contributed by atoms with Crippen molar-refractivity contribution in [2.45, 2.75) is 44.1 Å². The van der Waals surface area contributed by atoms with Crippen molar-refractivity contribution in [1.29, 1.82) is 0 Å². The number of hydrogen-bond acceptors (Lipinski definition) is 3. The van der Waals surface area contributed by atoms with Gasteiger partial charge in [0.05, 0.1) is 16.3 Å². The molecule has 0 saturated heterocycles. The van der Waals surface area contributed by atoms with Crippen molar-refractivity contribution in [1.82, 2.24) is 14.5 Å². The molecule has 0 bridgehead atoms. The smallest absolute Gasteiger partial charge is 0.235 e. The van der Waals surface area contributed by atoms with E-state index in [2.05, 4.69) is 24.5 Å². The SMILES string of the molecule is CC(C)CCn1c(SC(C)C(=O)N(C)C)nc2ccccc21. The summed E-state index contributed by atoms with van der Waals surface area (Å²) in [4.78, 5) is 18.5. The van der Waals surface area contributed by atoms with E-state index in [1.807, 2.05) is 25.1 Å². The van der Waals surface area contributed by atoms with E-state index in [-0.39, 0.29) is 11.2 Å². The first-order valence-corrected chi connectivity index (χ1v) is 8.61. The molecule has 1 heterocycles. The zero-order chi connectivity index (χ0) is 16.3. The molecule has 1 amide bonds. The summed E-state index contributed by atoms with van der Waals surface area (Å²) in [5.74, 6) is 0.757. The molecule has 0 spiro atoms. The minimum absolute atomic E-state index is 0.118. The van der Waals surface area contributed by atoms with Crippen LogP contribution >= 0.6 is 11.8 Å². The molecule has 1 aromatic heterocycles. The number of benzene rings is 1. The molecule has 0 aliphatic carbocycles. The molecule has 22 heavy (non-hydrogen) atoms. The first-order valence-electron chi connectivity index (χ1n) is 7.73. The predicted molar refractivity (Wildman–Crippen MR) is 93.2 cm³/mol. The monoisotopic (exact) mass is 319 g/mol. The van der Waals surface area contributed by atoms with E-state index in [4.69, 9.17) is 4.98 Å². The number of hydrogen-bond donors (Lipinski definition) is 0. The summed E-state index contributed by atoms with van der Waals surface area (Å²) < 4.78 is 2.25. The summed E-state index contributed by atoms with van der Waals surface area (Å²) in [6, 6.07) is 8.18. The molecule has 0 aliphatic heterocycles. The Bertz CT molecular complexity index is 648. The number of amides is 1. The fourth-order valence-corrected chi connectivity index (χ4v) is 3.41. The van der Waals surface area contributed by atoms with Crippen LogP contribution in [0.4, 0.5) is 0 Å². The van der Waals surface area contributed by atoms with Gasteiger partial charge in [0.2, 0.25) is 5.91 Å². The maximum absolute atomic E-state index is 12.1. The number of para-hydroxylation sites is 2. The fourth-order valence-electron chi connectivity index (χ4n) is 2.32. The highest BCUT2D eigenvalue weighted by Crippen LogP contribution is 2.28. The Morgan fingerprint density at radius 1 is 1.27 bits per heavy atom. The van der Waals surface area contributed by atoms with Gasteiger partial charge in [0.1, 0.15) is 0 Å². The molecule has 0 radical (unpaired) electrons. The van der Waals surface area contributed by atoms with Crippen LogP contribution in [0.2, 0.25) is 0 Å². The standard InChI is InChI=1S/C17H25N3OS/c1-12(2)10-11-20-15-9-7-6-8-14(15)18-17(20)22-13(3)16(21)19(4)5/h6-9,12-13H,10-11H2,1-5H3. The average molecular weight is 319 g/mol. The number of rotatable bonds is 6. The molecule has 0 fully saturated rings. The van der Waals surface area contributed by atoms with Crippen molar-refractivity contribution >= 4 is 28.7 Å². The Hall–Kier alpha value is -1.49. The third-order valence-corrected chi connectivity index (χ3v) is 4.70. The van der Waals surface area contributed by atoms with Crippen LogP contribution in [-0.4, -0.2) is 39.7 Å². The average Bonchev–Trinajstić information content (AvgIpc) is 2.81. The topological polar surface area (TPSA) is 38.1 Å². The molecule has 0 aliphatic rings. The highest BCUT2D eigenvalue weighted by atomic mass is 32.2. The van der Waals surface area contributed by atoms with Gasteiger partial charge in [-0.25, -0.2) is 4.98 Å². The fraction of sp³-hybridized carbons (Fsp3) is 0.529. The number of carbonyl (C=O) groups excluding carboxylic acids is 1. The number of aryl methyl sites for hydroxylation is 1. The van der Waals surface area contributed by atoms with Crippen LogP contribution in [0.5, 0.6) is 0 Å². The van der Waals surface area contributed by atoms with Crippen molar-refractivity contribution in [3.63, 3.8) is 0 Å². The molecule has 2 rings (SSSR count). The molecule has 0 N–H and O–H groups in total. The molecule has 1 atom stereocenters. The molecule has 1 unspecified atom stereocenters. The van der Waals surface area contributed by atoms with Crippen molar-refractivity contribution in [2.24, 2.45) is 5.92 Å². The van der Waals surface area contributed by atoms with Crippen LogP contribution in [0.15, 0.2) is 29.4 Å². The van der Waals surface area contributed by atoms with E-state index in [0.29, 0.717) is 5.92 Å². The third-order valence-electron chi connectivity index (χ3n) is 3.62. The van der Waals surface area contributed by atoms with Gasteiger partial charge in [-0.3, -0.25) is 4.79 Å². The van der Waals surface area contributed by atoms with Crippen LogP contribution in [0.3, 0.4) is 0 Å². The normalized spacial score (nSPS) is 12.8. The van der Waals surface area contributed by atoms with Crippen molar-refractivity contribution in [2.75, 3.05) is 14.1 Å². The quantitative estimate of drug-likeness (QED) is 0.763. The Kier molecular flexibility index (Phi) is 5.51. The molecular weight excluding hydrogens is 294 g/mol. The number of aromatic nitrogens is 2. The largest absolute Gasteiger partial charge is 0.348 e. The number of carbonyl (C=O) groups is 1. The number of fused-ring (bicyclic) bond motifs is 1. The Morgan fingerprint density at radius 2 is 1.95 bits per heavy atom. The second-order valence-corrected chi connectivity index (χ2v) is 7.52. The highest BCUT2D eigenvalue weighted by molar-refractivity contribution is 8.00. The van der Waals surface area contributed by atoms with Gasteiger partial charge in [-0.05, 0) is 31.4 Å². The summed E-state index contributed by atoms with van der Waals surface area (Å²) in [5, 5.41) is 0.800. The lowest BCUT2D eigenvalue weighted by Crippen LogP contribution is -2.29. The van der Waals surface area contributed by atoms with Gasteiger partial charge in [0, 0.05) is 20.6 Å². The molecule has 120 valence electrons. The van der Waals surface area contributed by atoms with Crippen LogP contribution < -0.4 is 0 Å². The Balaban J connectivity index is 2.31. The van der Waals surface area contributed by atoms with Crippen molar-refractivity contribution in [3.05, 3.63) is 24.3 Å². The number of thioether (sulfide) groups is 1. The summed E-state index contributed by atoms with van der Waals surface area (Å²) >= 11 is 1.54. The van der Waals surface area contributed by atoms with Gasteiger partial charge in [0.25, 0.3) is 0 Å². The van der Waals surface area contributed by atoms with Gasteiger partial charge in [-0.2, -0.15) is 0 Å². The lowest BCUT2D eigenvalue weighted by Gasteiger charge is -2.17. The minimum atomic E-state index is -0.135. The maximum Gasteiger partial charge on any atom is 0.235 e. The zero-order valence-electron chi connectivity index (χ0n) is 14.0. The highest BCUT2D eigenvalue weighted by Gasteiger charge is 2.20. The van der Waals surface area contributed by atoms with Crippen LogP contribution in [-0.2, 0) is 11.3 Å². The summed E-state index contributed by atoms with van der Waals surface area (Å²) in [7, 11) is 3.59. The van der Waals surface area contributed by atoms with Gasteiger partial charge < -0.3 is 9.47 Å². The molecule has 1 aromatic carbocycles. The molecule has 5 heteroatoms. The Labute approximate surface area is 136 Å². The zero-order valence-corrected chi connectivity index (χ0v) is 14.9. The lowest BCUT2D eigenvalue weighted by atomic mass is 10.1. The van der Waals surface area contributed by atoms with E-state index < -0.39 is 0 Å². The minimum Gasteiger partial charge on any atom is -0.348 e. The van der Waals surface area contributed by atoms with Gasteiger partial charge in [-0.1, -0.05) is 37.7 Å². The summed E-state index contributed by atoms with van der Waals surface area (Å²) in [6.45, 7) is 7.33. The molecule has 2 aromatic rings. The predicted octanol–water partition coefficient (Wildman–Crippen LogP) is 3.65. The molecular formula is C17H25N3OS. The first kappa shape index (κ1) is 16.9. The van der Waals surface area contributed by atoms with Crippen molar-refractivity contribution < 1.29 is 4.79 Å². The van der Waals surface area contributed by atoms with E-state index >= 15 is 0 Å². The maximum atomic E-state index is 12.1.